The van der Waals surface area contributed by atoms with E-state index in [1.54, 1.807) is 31.4 Å². The van der Waals surface area contributed by atoms with Gasteiger partial charge in [0.1, 0.15) is 5.82 Å². The van der Waals surface area contributed by atoms with Crippen LogP contribution in [0.25, 0.3) is 0 Å². The molecule has 2 rings (SSSR count). The number of amides is 1. The number of carbonyl (C=O) groups excluding carboxylic acids is 1. The first-order chi connectivity index (χ1) is 10.1. The third kappa shape index (κ3) is 3.65. The molecule has 4 nitrogen and oxygen atoms in total. The van der Waals surface area contributed by atoms with Gasteiger partial charge in [-0.1, -0.05) is 17.9 Å². The number of carbonyl (C=O) groups is 1. The molecule has 0 aliphatic rings. The van der Waals surface area contributed by atoms with Gasteiger partial charge in [0.25, 0.3) is 5.91 Å². The van der Waals surface area contributed by atoms with E-state index in [1.807, 2.05) is 0 Å². The summed E-state index contributed by atoms with van der Waals surface area (Å²) in [5.41, 5.74) is 6.77. The van der Waals surface area contributed by atoms with Crippen LogP contribution in [0.3, 0.4) is 0 Å². The molecular formula is C16H14FN3O. The van der Waals surface area contributed by atoms with Crippen molar-refractivity contribution in [2.75, 3.05) is 18.5 Å². The molecule has 106 valence electrons. The lowest BCUT2D eigenvalue weighted by atomic mass is 10.1. The third-order valence-electron chi connectivity index (χ3n) is 2.82. The van der Waals surface area contributed by atoms with Crippen molar-refractivity contribution >= 4 is 11.6 Å². The molecule has 0 spiro atoms. The smallest absolute Gasteiger partial charge is 0.259 e. The number of hydrogen-bond donors (Lipinski definition) is 1. The fourth-order valence-corrected chi connectivity index (χ4v) is 1.77. The predicted molar refractivity (Wildman–Crippen MR) is 79.3 cm³/mol. The van der Waals surface area contributed by atoms with Crippen molar-refractivity contribution < 1.29 is 9.18 Å². The highest BCUT2D eigenvalue weighted by atomic mass is 19.1. The van der Waals surface area contributed by atoms with Crippen LogP contribution in [-0.4, -0.2) is 24.5 Å². The molecule has 21 heavy (non-hydrogen) atoms. The summed E-state index contributed by atoms with van der Waals surface area (Å²) in [5, 5.41) is 0. The van der Waals surface area contributed by atoms with Crippen molar-refractivity contribution in [3.63, 3.8) is 0 Å². The minimum Gasteiger partial charge on any atom is -0.320 e. The lowest BCUT2D eigenvalue weighted by Gasteiger charge is -2.17. The standard InChI is InChI=1S/C16H14FN3O/c1-20(15-6-2-5-14(17)9-15)16(21)13-8-12(4-3-7-18)10-19-11-13/h2,5-6,8-11H,7,18H2,1H3. The summed E-state index contributed by atoms with van der Waals surface area (Å²) in [6.07, 6.45) is 3.01. The van der Waals surface area contributed by atoms with E-state index >= 15 is 0 Å². The highest BCUT2D eigenvalue weighted by Crippen LogP contribution is 2.16. The number of nitrogens with two attached hydrogens (primary N) is 1. The van der Waals surface area contributed by atoms with Gasteiger partial charge in [-0.05, 0) is 24.3 Å². The summed E-state index contributed by atoms with van der Waals surface area (Å²) in [5.74, 6) is 4.84. The van der Waals surface area contributed by atoms with Crippen molar-refractivity contribution in [2.45, 2.75) is 0 Å². The summed E-state index contributed by atoms with van der Waals surface area (Å²) in [4.78, 5) is 17.7. The number of halogens is 1. The van der Waals surface area contributed by atoms with E-state index in [-0.39, 0.29) is 12.5 Å². The van der Waals surface area contributed by atoms with E-state index in [2.05, 4.69) is 16.8 Å². The van der Waals surface area contributed by atoms with Crippen LogP contribution in [0.4, 0.5) is 10.1 Å². The monoisotopic (exact) mass is 283 g/mol. The lowest BCUT2D eigenvalue weighted by molar-refractivity contribution is 0.0992. The SMILES string of the molecule is CN(C(=O)c1cncc(C#CCN)c1)c1cccc(F)c1. The predicted octanol–water partition coefficient (Wildman–Crippen LogP) is 1.81. The molecule has 0 bridgehead atoms. The summed E-state index contributed by atoms with van der Waals surface area (Å²) < 4.78 is 13.2. The van der Waals surface area contributed by atoms with Gasteiger partial charge in [0.15, 0.2) is 0 Å². The Balaban J connectivity index is 2.27. The second kappa shape index (κ2) is 6.64. The molecule has 0 aliphatic carbocycles. The minimum absolute atomic E-state index is 0.237. The molecule has 0 saturated carbocycles. The molecule has 0 saturated heterocycles. The van der Waals surface area contributed by atoms with Gasteiger partial charge < -0.3 is 10.6 Å². The average molecular weight is 283 g/mol. The molecule has 0 unspecified atom stereocenters. The highest BCUT2D eigenvalue weighted by Gasteiger charge is 2.14. The minimum atomic E-state index is -0.396. The zero-order valence-electron chi connectivity index (χ0n) is 11.5. The van der Waals surface area contributed by atoms with Gasteiger partial charge >= 0.3 is 0 Å². The van der Waals surface area contributed by atoms with Crippen molar-refractivity contribution in [1.29, 1.82) is 0 Å². The summed E-state index contributed by atoms with van der Waals surface area (Å²) in [7, 11) is 1.58. The van der Waals surface area contributed by atoms with Crippen LogP contribution in [-0.2, 0) is 0 Å². The normalized spacial score (nSPS) is 9.67. The maximum atomic E-state index is 13.2. The molecule has 0 aliphatic heterocycles. The fraction of sp³-hybridized carbons (Fsp3) is 0.125. The Hall–Kier alpha value is -2.71. The van der Waals surface area contributed by atoms with Crippen LogP contribution in [0.2, 0.25) is 0 Å². The maximum Gasteiger partial charge on any atom is 0.259 e. The molecule has 0 fully saturated rings. The van der Waals surface area contributed by atoms with E-state index in [1.165, 1.54) is 23.2 Å². The van der Waals surface area contributed by atoms with Crippen molar-refractivity contribution in [2.24, 2.45) is 5.73 Å². The Kier molecular flexibility index (Phi) is 4.64. The molecular weight excluding hydrogens is 269 g/mol. The van der Waals surface area contributed by atoms with Crippen LogP contribution in [0.1, 0.15) is 15.9 Å². The van der Waals surface area contributed by atoms with Crippen LogP contribution in [0, 0.1) is 17.7 Å². The molecule has 1 aromatic carbocycles. The quantitative estimate of drug-likeness (QED) is 0.855. The van der Waals surface area contributed by atoms with Gasteiger partial charge in [0.05, 0.1) is 12.1 Å². The van der Waals surface area contributed by atoms with Crippen molar-refractivity contribution in [1.82, 2.24) is 4.98 Å². The molecule has 0 atom stereocenters. The number of rotatable bonds is 2. The lowest BCUT2D eigenvalue weighted by Crippen LogP contribution is -2.26. The molecule has 5 heteroatoms. The largest absolute Gasteiger partial charge is 0.320 e. The van der Waals surface area contributed by atoms with Gasteiger partial charge in [-0.25, -0.2) is 4.39 Å². The summed E-state index contributed by atoms with van der Waals surface area (Å²) >= 11 is 0. The molecule has 2 N–H and O–H groups in total. The highest BCUT2D eigenvalue weighted by molar-refractivity contribution is 6.05. The Labute approximate surface area is 122 Å². The van der Waals surface area contributed by atoms with Crippen molar-refractivity contribution in [3.8, 4) is 11.8 Å². The Morgan fingerprint density at radius 1 is 1.38 bits per heavy atom. The summed E-state index contributed by atoms with van der Waals surface area (Å²) in [6.45, 7) is 0.237. The number of aromatic nitrogens is 1. The molecule has 0 radical (unpaired) electrons. The van der Waals surface area contributed by atoms with E-state index in [9.17, 15) is 9.18 Å². The topological polar surface area (TPSA) is 59.2 Å². The van der Waals surface area contributed by atoms with E-state index in [0.717, 1.165) is 0 Å². The first-order valence-corrected chi connectivity index (χ1v) is 6.29. The number of benzene rings is 1. The number of hydrogen-bond acceptors (Lipinski definition) is 3. The Bertz CT molecular complexity index is 719. The summed E-state index contributed by atoms with van der Waals surface area (Å²) in [6, 6.07) is 7.46. The Morgan fingerprint density at radius 2 is 2.19 bits per heavy atom. The maximum absolute atomic E-state index is 13.2. The third-order valence-corrected chi connectivity index (χ3v) is 2.82. The number of anilines is 1. The van der Waals surface area contributed by atoms with Crippen LogP contribution in [0.15, 0.2) is 42.7 Å². The zero-order chi connectivity index (χ0) is 15.2. The van der Waals surface area contributed by atoms with Crippen molar-refractivity contribution in [3.05, 3.63) is 59.7 Å². The Morgan fingerprint density at radius 3 is 2.90 bits per heavy atom. The van der Waals surface area contributed by atoms with Crippen LogP contribution >= 0.6 is 0 Å². The van der Waals surface area contributed by atoms with Gasteiger partial charge in [-0.15, -0.1) is 0 Å². The van der Waals surface area contributed by atoms with E-state index in [4.69, 9.17) is 5.73 Å². The zero-order valence-corrected chi connectivity index (χ0v) is 11.5. The first kappa shape index (κ1) is 14.7. The fourth-order valence-electron chi connectivity index (χ4n) is 1.77. The van der Waals surface area contributed by atoms with Crippen LogP contribution in [0.5, 0.6) is 0 Å². The van der Waals surface area contributed by atoms with Gasteiger partial charge in [-0.2, -0.15) is 0 Å². The van der Waals surface area contributed by atoms with E-state index in [0.29, 0.717) is 16.8 Å². The molecule has 1 heterocycles. The van der Waals surface area contributed by atoms with Gasteiger partial charge in [0, 0.05) is 30.7 Å². The molecule has 2 aromatic rings. The van der Waals surface area contributed by atoms with Crippen LogP contribution < -0.4 is 10.6 Å². The second-order valence-electron chi connectivity index (χ2n) is 4.31. The van der Waals surface area contributed by atoms with Gasteiger partial charge in [-0.3, -0.25) is 9.78 Å². The number of nitrogens with zero attached hydrogens (tertiary/aromatic N) is 2. The van der Waals surface area contributed by atoms with Gasteiger partial charge in [0.2, 0.25) is 0 Å². The molecule has 1 amide bonds. The average Bonchev–Trinajstić information content (AvgIpc) is 2.51. The second-order valence-corrected chi connectivity index (χ2v) is 4.31. The first-order valence-electron chi connectivity index (χ1n) is 6.29. The van der Waals surface area contributed by atoms with E-state index < -0.39 is 5.82 Å². The molecule has 1 aromatic heterocycles. The number of pyridine rings is 1.